The van der Waals surface area contributed by atoms with Crippen molar-refractivity contribution in [3.63, 3.8) is 0 Å². The Bertz CT molecular complexity index is 549. The maximum absolute atomic E-state index is 5.91. The van der Waals surface area contributed by atoms with E-state index in [1.165, 1.54) is 11.1 Å². The molecule has 3 heteroatoms. The molecule has 0 saturated carbocycles. The number of ether oxygens (including phenoxy) is 2. The highest BCUT2D eigenvalue weighted by Crippen LogP contribution is 2.22. The highest BCUT2D eigenvalue weighted by atomic mass is 16.5. The number of aryl methyl sites for hydroxylation is 1. The van der Waals surface area contributed by atoms with Crippen molar-refractivity contribution in [1.29, 1.82) is 0 Å². The fourth-order valence-electron chi connectivity index (χ4n) is 2.38. The molecule has 0 amide bonds. The maximum Gasteiger partial charge on any atom is 0.119 e. The van der Waals surface area contributed by atoms with Gasteiger partial charge in [-0.2, -0.15) is 0 Å². The van der Waals surface area contributed by atoms with Crippen LogP contribution in [0.3, 0.4) is 0 Å². The van der Waals surface area contributed by atoms with Gasteiger partial charge in [0.25, 0.3) is 0 Å². The summed E-state index contributed by atoms with van der Waals surface area (Å²) in [5.41, 5.74) is 8.39. The van der Waals surface area contributed by atoms with Gasteiger partial charge in [0.2, 0.25) is 0 Å². The Morgan fingerprint density at radius 3 is 2.09 bits per heavy atom. The number of hydrogen-bond acceptors (Lipinski definition) is 3. The minimum Gasteiger partial charge on any atom is -0.494 e. The smallest absolute Gasteiger partial charge is 0.119 e. The molecule has 2 aromatic carbocycles. The van der Waals surface area contributed by atoms with E-state index in [0.717, 1.165) is 17.9 Å². The Morgan fingerprint density at radius 2 is 1.50 bits per heavy atom. The molecule has 1 unspecified atom stereocenters. The minimum absolute atomic E-state index is 0.307. The van der Waals surface area contributed by atoms with Crippen molar-refractivity contribution >= 4 is 0 Å². The van der Waals surface area contributed by atoms with E-state index in [4.69, 9.17) is 15.2 Å². The highest BCUT2D eigenvalue weighted by Gasteiger charge is 2.10. The van der Waals surface area contributed by atoms with Crippen LogP contribution in [0.5, 0.6) is 11.5 Å². The minimum atomic E-state index is 0.307. The van der Waals surface area contributed by atoms with E-state index in [1.54, 1.807) is 0 Å². The lowest BCUT2D eigenvalue weighted by molar-refractivity contribution is 0.298. The normalized spacial score (nSPS) is 12.0. The molecule has 0 aliphatic heterocycles. The van der Waals surface area contributed by atoms with E-state index >= 15 is 0 Å². The second-order valence-electron chi connectivity index (χ2n) is 5.38. The van der Waals surface area contributed by atoms with Crippen LogP contribution in [0, 0.1) is 6.92 Å². The lowest BCUT2D eigenvalue weighted by atomic mass is 9.96. The molecule has 0 aromatic heterocycles. The molecule has 0 fully saturated rings. The van der Waals surface area contributed by atoms with Crippen LogP contribution in [0.15, 0.2) is 48.5 Å². The van der Waals surface area contributed by atoms with Crippen LogP contribution in [0.1, 0.15) is 30.4 Å². The summed E-state index contributed by atoms with van der Waals surface area (Å²) in [4.78, 5) is 0. The van der Waals surface area contributed by atoms with E-state index in [0.29, 0.717) is 25.7 Å². The summed E-state index contributed by atoms with van der Waals surface area (Å²) in [5, 5.41) is 0. The fraction of sp³-hybridized carbons (Fsp3) is 0.368. The third-order valence-corrected chi connectivity index (χ3v) is 3.70. The van der Waals surface area contributed by atoms with Crippen molar-refractivity contribution in [3.8, 4) is 11.5 Å². The third kappa shape index (κ3) is 4.78. The highest BCUT2D eigenvalue weighted by molar-refractivity contribution is 5.30. The van der Waals surface area contributed by atoms with Gasteiger partial charge in [0.1, 0.15) is 11.5 Å². The van der Waals surface area contributed by atoms with Gasteiger partial charge in [-0.05, 0) is 62.6 Å². The Hall–Kier alpha value is -2.00. The zero-order chi connectivity index (χ0) is 15.8. The van der Waals surface area contributed by atoms with Gasteiger partial charge < -0.3 is 15.2 Å². The Balaban J connectivity index is 1.87. The van der Waals surface area contributed by atoms with Gasteiger partial charge in [-0.15, -0.1) is 0 Å². The second kappa shape index (κ2) is 8.44. The Morgan fingerprint density at radius 1 is 0.909 bits per heavy atom. The van der Waals surface area contributed by atoms with Crippen LogP contribution >= 0.6 is 0 Å². The summed E-state index contributed by atoms with van der Waals surface area (Å²) >= 11 is 0. The van der Waals surface area contributed by atoms with Crippen LogP contribution in [-0.4, -0.2) is 19.8 Å². The van der Waals surface area contributed by atoms with Crippen molar-refractivity contribution in [1.82, 2.24) is 0 Å². The molecular weight excluding hydrogens is 274 g/mol. The molecule has 0 aliphatic carbocycles. The van der Waals surface area contributed by atoms with E-state index in [1.807, 2.05) is 31.2 Å². The molecule has 1 atom stereocenters. The van der Waals surface area contributed by atoms with E-state index in [2.05, 4.69) is 31.2 Å². The molecular formula is C19H25NO2. The molecule has 118 valence electrons. The Labute approximate surface area is 133 Å². The van der Waals surface area contributed by atoms with Crippen molar-refractivity contribution in [2.75, 3.05) is 19.8 Å². The lowest BCUT2D eigenvalue weighted by Crippen LogP contribution is -2.15. The summed E-state index contributed by atoms with van der Waals surface area (Å²) in [6.07, 6.45) is 0.901. The van der Waals surface area contributed by atoms with E-state index in [-0.39, 0.29) is 0 Å². The maximum atomic E-state index is 5.91. The van der Waals surface area contributed by atoms with Crippen LogP contribution in [0.25, 0.3) is 0 Å². The number of benzene rings is 2. The molecule has 3 nitrogen and oxygen atoms in total. The van der Waals surface area contributed by atoms with Gasteiger partial charge in [-0.1, -0.05) is 29.8 Å². The van der Waals surface area contributed by atoms with Gasteiger partial charge in [0, 0.05) is 0 Å². The topological polar surface area (TPSA) is 44.5 Å². The van der Waals surface area contributed by atoms with Crippen LogP contribution < -0.4 is 15.2 Å². The summed E-state index contributed by atoms with van der Waals surface area (Å²) in [7, 11) is 0. The molecule has 2 N–H and O–H groups in total. The Kier molecular flexibility index (Phi) is 6.28. The molecule has 0 bridgehead atoms. The fourth-order valence-corrected chi connectivity index (χ4v) is 2.38. The zero-order valence-electron chi connectivity index (χ0n) is 13.4. The molecule has 2 rings (SSSR count). The molecule has 0 heterocycles. The van der Waals surface area contributed by atoms with Gasteiger partial charge in [0.15, 0.2) is 0 Å². The van der Waals surface area contributed by atoms with E-state index < -0.39 is 0 Å². The molecule has 22 heavy (non-hydrogen) atoms. The summed E-state index contributed by atoms with van der Waals surface area (Å²) < 4.78 is 11.3. The van der Waals surface area contributed by atoms with Gasteiger partial charge in [-0.25, -0.2) is 0 Å². The van der Waals surface area contributed by atoms with E-state index in [9.17, 15) is 0 Å². The summed E-state index contributed by atoms with van der Waals surface area (Å²) in [6, 6.07) is 16.3. The quantitative estimate of drug-likeness (QED) is 0.804. The number of hydrogen-bond donors (Lipinski definition) is 1. The third-order valence-electron chi connectivity index (χ3n) is 3.70. The van der Waals surface area contributed by atoms with Gasteiger partial charge >= 0.3 is 0 Å². The summed E-state index contributed by atoms with van der Waals surface area (Å²) in [5.74, 6) is 2.12. The van der Waals surface area contributed by atoms with Crippen molar-refractivity contribution < 1.29 is 9.47 Å². The van der Waals surface area contributed by atoms with Gasteiger partial charge in [-0.3, -0.25) is 0 Å². The average molecular weight is 299 g/mol. The monoisotopic (exact) mass is 299 g/mol. The van der Waals surface area contributed by atoms with Crippen LogP contribution in [0.2, 0.25) is 0 Å². The summed E-state index contributed by atoms with van der Waals surface area (Å²) in [6.45, 7) is 6.02. The first-order valence-corrected chi connectivity index (χ1v) is 7.85. The first-order chi connectivity index (χ1) is 10.7. The van der Waals surface area contributed by atoms with Crippen LogP contribution in [-0.2, 0) is 0 Å². The molecule has 0 saturated heterocycles. The molecule has 2 aromatic rings. The van der Waals surface area contributed by atoms with Gasteiger partial charge in [0.05, 0.1) is 13.2 Å². The zero-order valence-corrected chi connectivity index (χ0v) is 13.4. The predicted octanol–water partition coefficient (Wildman–Crippen LogP) is 3.91. The standard InChI is InChI=1S/C19H25NO2/c1-3-21-18-10-6-16(7-11-18)17(14-20)12-13-22-19-8-4-15(2)5-9-19/h4-11,17H,3,12-14,20H2,1-2H3. The second-order valence-corrected chi connectivity index (χ2v) is 5.38. The predicted molar refractivity (Wildman–Crippen MR) is 90.7 cm³/mol. The van der Waals surface area contributed by atoms with Crippen molar-refractivity contribution in [2.24, 2.45) is 5.73 Å². The van der Waals surface area contributed by atoms with Crippen molar-refractivity contribution in [2.45, 2.75) is 26.2 Å². The molecule has 0 aliphatic rings. The average Bonchev–Trinajstić information content (AvgIpc) is 2.55. The van der Waals surface area contributed by atoms with Crippen LogP contribution in [0.4, 0.5) is 0 Å². The lowest BCUT2D eigenvalue weighted by Gasteiger charge is -2.16. The largest absolute Gasteiger partial charge is 0.494 e. The first kappa shape index (κ1) is 16.4. The number of nitrogens with two attached hydrogens (primary N) is 1. The molecule has 0 radical (unpaired) electrons. The number of rotatable bonds is 8. The molecule has 0 spiro atoms. The first-order valence-electron chi connectivity index (χ1n) is 7.85. The van der Waals surface area contributed by atoms with Crippen molar-refractivity contribution in [3.05, 3.63) is 59.7 Å². The SMILES string of the molecule is CCOc1ccc(C(CN)CCOc2ccc(C)cc2)cc1.